The molecule has 0 aromatic heterocycles. The van der Waals surface area contributed by atoms with E-state index in [1.54, 1.807) is 0 Å². The van der Waals surface area contributed by atoms with E-state index in [0.717, 1.165) is 38.8 Å². The molecule has 0 bridgehead atoms. The van der Waals surface area contributed by atoms with Gasteiger partial charge < -0.3 is 15.2 Å². The van der Waals surface area contributed by atoms with Crippen molar-refractivity contribution in [3.8, 4) is 0 Å². The van der Waals surface area contributed by atoms with Gasteiger partial charge in [-0.15, -0.1) is 0 Å². The highest BCUT2D eigenvalue weighted by Gasteiger charge is 2.43. The fourth-order valence-electron chi connectivity index (χ4n) is 3.23. The molecule has 144 valence electrons. The molecule has 0 unspecified atom stereocenters. The van der Waals surface area contributed by atoms with Crippen LogP contribution in [-0.2, 0) is 14.3 Å². The Hall–Kier alpha value is -1.57. The Labute approximate surface area is 145 Å². The minimum Gasteiger partial charge on any atom is -0.475 e. The van der Waals surface area contributed by atoms with E-state index in [-0.39, 0.29) is 11.4 Å². The minimum absolute atomic E-state index is 0.0136. The van der Waals surface area contributed by atoms with Gasteiger partial charge in [0.2, 0.25) is 0 Å². The average Bonchev–Trinajstić information content (AvgIpc) is 2.85. The van der Waals surface area contributed by atoms with Gasteiger partial charge in [-0.1, -0.05) is 18.1 Å². The zero-order chi connectivity index (χ0) is 18.9. The summed E-state index contributed by atoms with van der Waals surface area (Å²) in [5.41, 5.74) is 1.05. The van der Waals surface area contributed by atoms with Gasteiger partial charge in [0.15, 0.2) is 0 Å². The lowest BCUT2D eigenvalue weighted by Crippen LogP contribution is -2.44. The maximum absolute atomic E-state index is 12.4. The Morgan fingerprint density at radius 3 is 2.36 bits per heavy atom. The number of rotatable bonds is 3. The zero-order valence-corrected chi connectivity index (χ0v) is 14.5. The molecule has 0 radical (unpaired) electrons. The van der Waals surface area contributed by atoms with Crippen LogP contribution in [0, 0.1) is 5.41 Å². The zero-order valence-electron chi connectivity index (χ0n) is 14.5. The summed E-state index contributed by atoms with van der Waals surface area (Å²) in [6, 6.07) is 0. The number of carbonyl (C=O) groups excluding carboxylic acids is 1. The number of allylic oxidation sites excluding steroid dienone is 1. The fraction of sp³-hybridized carbons (Fsp3) is 0.765. The number of carboxylic acid groups (broad SMARTS) is 1. The molecule has 1 heterocycles. The number of halogens is 3. The molecule has 5 nitrogen and oxygen atoms in total. The van der Waals surface area contributed by atoms with Crippen molar-refractivity contribution in [3.63, 3.8) is 0 Å². The summed E-state index contributed by atoms with van der Waals surface area (Å²) in [7, 11) is 0. The normalized spacial score (nSPS) is 20.4. The van der Waals surface area contributed by atoms with Crippen LogP contribution < -0.4 is 5.32 Å². The lowest BCUT2D eigenvalue weighted by atomic mass is 9.71. The maximum Gasteiger partial charge on any atom is 0.490 e. The van der Waals surface area contributed by atoms with Crippen LogP contribution in [0.5, 0.6) is 0 Å². The second-order valence-corrected chi connectivity index (χ2v) is 6.18. The number of carboxylic acids is 1. The molecular formula is C17H26F3NO4. The first-order valence-electron chi connectivity index (χ1n) is 8.61. The number of aliphatic carboxylic acids is 1. The van der Waals surface area contributed by atoms with Gasteiger partial charge in [0, 0.05) is 0 Å². The van der Waals surface area contributed by atoms with Gasteiger partial charge in [0.1, 0.15) is 0 Å². The van der Waals surface area contributed by atoms with E-state index < -0.39 is 12.1 Å². The summed E-state index contributed by atoms with van der Waals surface area (Å²) in [5, 5.41) is 10.5. The van der Waals surface area contributed by atoms with Crippen molar-refractivity contribution < 1.29 is 32.6 Å². The van der Waals surface area contributed by atoms with Crippen molar-refractivity contribution in [3.05, 3.63) is 11.6 Å². The van der Waals surface area contributed by atoms with Gasteiger partial charge in [-0.05, 0) is 58.5 Å². The molecule has 8 heteroatoms. The number of alkyl halides is 3. The molecular weight excluding hydrogens is 339 g/mol. The molecule has 1 saturated heterocycles. The third kappa shape index (κ3) is 6.34. The second-order valence-electron chi connectivity index (χ2n) is 6.18. The van der Waals surface area contributed by atoms with E-state index in [0.29, 0.717) is 6.61 Å². The molecule has 25 heavy (non-hydrogen) atoms. The minimum atomic E-state index is -5.08. The fourth-order valence-corrected chi connectivity index (χ4v) is 3.23. The van der Waals surface area contributed by atoms with E-state index in [9.17, 15) is 18.0 Å². The van der Waals surface area contributed by atoms with E-state index in [4.69, 9.17) is 14.6 Å². The molecule has 2 rings (SSSR count). The van der Waals surface area contributed by atoms with Gasteiger partial charge in [-0.2, -0.15) is 13.2 Å². The number of ether oxygens (including phenoxy) is 1. The van der Waals surface area contributed by atoms with Gasteiger partial charge in [0.25, 0.3) is 0 Å². The van der Waals surface area contributed by atoms with E-state index in [1.165, 1.54) is 24.8 Å². The molecule has 0 saturated carbocycles. The van der Waals surface area contributed by atoms with Crippen LogP contribution in [0.15, 0.2) is 11.6 Å². The predicted molar refractivity (Wildman–Crippen MR) is 86.0 cm³/mol. The molecule has 1 aliphatic carbocycles. The van der Waals surface area contributed by atoms with Crippen molar-refractivity contribution in [1.82, 2.24) is 5.32 Å². The highest BCUT2D eigenvalue weighted by Crippen LogP contribution is 2.42. The van der Waals surface area contributed by atoms with Crippen molar-refractivity contribution >= 4 is 11.9 Å². The first kappa shape index (κ1) is 21.5. The van der Waals surface area contributed by atoms with Crippen molar-refractivity contribution in [2.45, 2.75) is 58.0 Å². The number of hydrogen-bond acceptors (Lipinski definition) is 4. The molecule has 0 aromatic rings. The first-order valence-corrected chi connectivity index (χ1v) is 8.61. The summed E-state index contributed by atoms with van der Waals surface area (Å²) in [6.07, 6.45) is 5.03. The molecule has 2 aliphatic rings. The van der Waals surface area contributed by atoms with Crippen LogP contribution in [-0.4, -0.2) is 42.9 Å². The highest BCUT2D eigenvalue weighted by molar-refractivity contribution is 5.81. The SMILES string of the molecule is CCOC(=O)C1(C2=CCCCCC2)CCNCC1.O=C(O)C(F)(F)F. The van der Waals surface area contributed by atoms with Crippen LogP contribution in [0.4, 0.5) is 13.2 Å². The molecule has 0 amide bonds. The van der Waals surface area contributed by atoms with Crippen molar-refractivity contribution in [2.75, 3.05) is 19.7 Å². The Balaban J connectivity index is 0.000000381. The number of piperidine rings is 1. The van der Waals surface area contributed by atoms with Gasteiger partial charge in [0.05, 0.1) is 12.0 Å². The van der Waals surface area contributed by atoms with Gasteiger partial charge >= 0.3 is 18.1 Å². The average molecular weight is 365 g/mol. The van der Waals surface area contributed by atoms with Gasteiger partial charge in [-0.25, -0.2) is 4.79 Å². The third-order valence-corrected chi connectivity index (χ3v) is 4.52. The topological polar surface area (TPSA) is 75.6 Å². The summed E-state index contributed by atoms with van der Waals surface area (Å²) in [5.74, 6) is -2.74. The number of carbonyl (C=O) groups is 2. The van der Waals surface area contributed by atoms with E-state index in [1.807, 2.05) is 6.92 Å². The molecule has 1 fully saturated rings. The van der Waals surface area contributed by atoms with Crippen LogP contribution in [0.3, 0.4) is 0 Å². The summed E-state index contributed by atoms with van der Waals surface area (Å²) in [4.78, 5) is 21.3. The van der Waals surface area contributed by atoms with Crippen molar-refractivity contribution in [2.24, 2.45) is 5.41 Å². The van der Waals surface area contributed by atoms with E-state index in [2.05, 4.69) is 11.4 Å². The summed E-state index contributed by atoms with van der Waals surface area (Å²) >= 11 is 0. The third-order valence-electron chi connectivity index (χ3n) is 4.52. The predicted octanol–water partition coefficient (Wildman–Crippen LogP) is 3.44. The van der Waals surface area contributed by atoms with Gasteiger partial charge in [-0.3, -0.25) is 4.79 Å². The smallest absolute Gasteiger partial charge is 0.475 e. The van der Waals surface area contributed by atoms with E-state index >= 15 is 0 Å². The van der Waals surface area contributed by atoms with Crippen LogP contribution in [0.2, 0.25) is 0 Å². The molecule has 0 atom stereocenters. The first-order chi connectivity index (χ1) is 11.7. The number of esters is 1. The Morgan fingerprint density at radius 1 is 1.24 bits per heavy atom. The Kier molecular flexibility index (Phi) is 8.41. The Morgan fingerprint density at radius 2 is 1.84 bits per heavy atom. The lowest BCUT2D eigenvalue weighted by molar-refractivity contribution is -0.192. The van der Waals surface area contributed by atoms with Crippen LogP contribution >= 0.6 is 0 Å². The van der Waals surface area contributed by atoms with Crippen LogP contribution in [0.1, 0.15) is 51.9 Å². The second kappa shape index (κ2) is 9.79. The standard InChI is InChI=1S/C15H25NO2.C2HF3O2/c1-2-18-14(17)15(9-11-16-12-10-15)13-7-5-3-4-6-8-13;3-2(4,5)1(6)7/h7,16H,2-6,8-12H2,1H3;(H,6,7). The molecule has 0 spiro atoms. The lowest BCUT2D eigenvalue weighted by Gasteiger charge is -2.37. The quantitative estimate of drug-likeness (QED) is 0.592. The highest BCUT2D eigenvalue weighted by atomic mass is 19.4. The monoisotopic (exact) mass is 365 g/mol. The Bertz CT molecular complexity index is 483. The largest absolute Gasteiger partial charge is 0.490 e. The van der Waals surface area contributed by atoms with Crippen molar-refractivity contribution in [1.29, 1.82) is 0 Å². The summed E-state index contributed by atoms with van der Waals surface area (Å²) in [6.45, 7) is 4.24. The number of hydrogen-bond donors (Lipinski definition) is 2. The molecule has 0 aromatic carbocycles. The maximum atomic E-state index is 12.4. The molecule has 1 aliphatic heterocycles. The number of nitrogens with one attached hydrogen (secondary N) is 1. The molecule has 2 N–H and O–H groups in total. The van der Waals surface area contributed by atoms with Crippen LogP contribution in [0.25, 0.3) is 0 Å². The summed E-state index contributed by atoms with van der Waals surface area (Å²) < 4.78 is 37.1.